The summed E-state index contributed by atoms with van der Waals surface area (Å²) in [6.45, 7) is 3.27. The van der Waals surface area contributed by atoms with Crippen molar-refractivity contribution < 1.29 is 28.7 Å². The Balaban J connectivity index is 1.46. The van der Waals surface area contributed by atoms with E-state index >= 15 is 0 Å². The molecular formula is C20H23N3O6. The van der Waals surface area contributed by atoms with Crippen molar-refractivity contribution in [1.29, 1.82) is 0 Å². The van der Waals surface area contributed by atoms with E-state index in [1.165, 1.54) is 0 Å². The van der Waals surface area contributed by atoms with Gasteiger partial charge in [-0.25, -0.2) is 4.79 Å². The molecule has 2 fully saturated rings. The second kappa shape index (κ2) is 8.02. The Labute approximate surface area is 168 Å². The second-order valence-electron chi connectivity index (χ2n) is 7.54. The number of hydrogen-bond donors (Lipinski definition) is 1. The Kier molecular flexibility index (Phi) is 5.67. The first kappa shape index (κ1) is 20.5. The molecule has 0 aromatic heterocycles. The van der Waals surface area contributed by atoms with Crippen molar-refractivity contribution in [3.05, 3.63) is 29.8 Å². The van der Waals surface area contributed by atoms with Crippen LogP contribution in [0, 0.1) is 0 Å². The summed E-state index contributed by atoms with van der Waals surface area (Å²) in [7, 11) is 0. The van der Waals surface area contributed by atoms with Crippen molar-refractivity contribution >= 4 is 35.3 Å². The largest absolute Gasteiger partial charge is 0.457 e. The molecule has 0 bridgehead atoms. The molecule has 154 valence electrons. The predicted octanol–water partition coefficient (Wildman–Crippen LogP) is 1.26. The number of carbonyl (C=O) groups excluding carboxylic acids is 5. The van der Waals surface area contributed by atoms with E-state index in [-0.39, 0.29) is 24.7 Å². The topological polar surface area (TPSA) is 113 Å². The Morgan fingerprint density at radius 2 is 1.83 bits per heavy atom. The van der Waals surface area contributed by atoms with Crippen LogP contribution in [-0.4, -0.2) is 59.7 Å². The molecule has 0 spiro atoms. The van der Waals surface area contributed by atoms with Gasteiger partial charge in [0.15, 0.2) is 12.4 Å². The van der Waals surface area contributed by atoms with Crippen LogP contribution in [0.5, 0.6) is 0 Å². The third kappa shape index (κ3) is 4.44. The van der Waals surface area contributed by atoms with E-state index in [1.54, 1.807) is 43.0 Å². The number of esters is 1. The van der Waals surface area contributed by atoms with Gasteiger partial charge in [-0.2, -0.15) is 0 Å². The van der Waals surface area contributed by atoms with Crippen LogP contribution >= 0.6 is 0 Å². The molecule has 0 radical (unpaired) electrons. The van der Waals surface area contributed by atoms with E-state index in [9.17, 15) is 24.0 Å². The van der Waals surface area contributed by atoms with Gasteiger partial charge in [-0.3, -0.25) is 24.1 Å². The molecule has 2 aliphatic heterocycles. The molecule has 2 heterocycles. The number of benzene rings is 1. The fourth-order valence-corrected chi connectivity index (χ4v) is 3.27. The van der Waals surface area contributed by atoms with Gasteiger partial charge >= 0.3 is 12.0 Å². The van der Waals surface area contributed by atoms with Crippen LogP contribution in [0.1, 0.15) is 43.5 Å². The summed E-state index contributed by atoms with van der Waals surface area (Å²) in [5, 5.41) is 2.52. The Morgan fingerprint density at radius 1 is 1.14 bits per heavy atom. The van der Waals surface area contributed by atoms with Crippen LogP contribution < -0.4 is 10.2 Å². The van der Waals surface area contributed by atoms with E-state index in [1.807, 2.05) is 0 Å². The van der Waals surface area contributed by atoms with Crippen LogP contribution in [-0.2, 0) is 19.1 Å². The van der Waals surface area contributed by atoms with E-state index in [0.717, 1.165) is 17.0 Å². The average Bonchev–Trinajstić information content (AvgIpc) is 3.19. The summed E-state index contributed by atoms with van der Waals surface area (Å²) < 4.78 is 4.96. The number of rotatable bonds is 7. The van der Waals surface area contributed by atoms with Gasteiger partial charge in [0.2, 0.25) is 5.91 Å². The molecule has 1 N–H and O–H groups in total. The Hall–Kier alpha value is -3.23. The fraction of sp³-hybridized carbons (Fsp3) is 0.450. The lowest BCUT2D eigenvalue weighted by molar-refractivity contribution is -0.143. The molecule has 9 heteroatoms. The quantitative estimate of drug-likeness (QED) is 0.418. The number of hydrogen-bond acceptors (Lipinski definition) is 6. The van der Waals surface area contributed by atoms with Gasteiger partial charge < -0.3 is 15.0 Å². The molecule has 1 aromatic carbocycles. The fourth-order valence-electron chi connectivity index (χ4n) is 3.27. The maximum Gasteiger partial charge on any atom is 0.325 e. The number of nitrogens with one attached hydrogen (secondary N) is 1. The van der Waals surface area contributed by atoms with E-state index in [2.05, 4.69) is 5.32 Å². The van der Waals surface area contributed by atoms with Gasteiger partial charge in [-0.15, -0.1) is 0 Å². The maximum absolute atomic E-state index is 12.2. The zero-order valence-corrected chi connectivity index (χ0v) is 16.4. The highest BCUT2D eigenvalue weighted by Crippen LogP contribution is 2.22. The molecule has 0 saturated carbocycles. The Morgan fingerprint density at radius 3 is 2.38 bits per heavy atom. The van der Waals surface area contributed by atoms with Gasteiger partial charge in [-0.1, -0.05) is 0 Å². The lowest BCUT2D eigenvalue weighted by Gasteiger charge is -2.16. The van der Waals surface area contributed by atoms with E-state index < -0.39 is 30.1 Å². The molecule has 0 unspecified atom stereocenters. The van der Waals surface area contributed by atoms with Gasteiger partial charge in [-0.05, 0) is 44.5 Å². The third-order valence-corrected chi connectivity index (χ3v) is 4.92. The number of urea groups is 1. The van der Waals surface area contributed by atoms with Crippen LogP contribution in [0.2, 0.25) is 0 Å². The normalized spacial score (nSPS) is 18.2. The van der Waals surface area contributed by atoms with Crippen molar-refractivity contribution in [2.24, 2.45) is 0 Å². The van der Waals surface area contributed by atoms with Crippen LogP contribution in [0.15, 0.2) is 24.3 Å². The highest BCUT2D eigenvalue weighted by molar-refractivity contribution is 6.06. The van der Waals surface area contributed by atoms with Crippen molar-refractivity contribution in [1.82, 2.24) is 10.2 Å². The molecular weight excluding hydrogens is 378 g/mol. The maximum atomic E-state index is 12.2. The van der Waals surface area contributed by atoms with Crippen molar-refractivity contribution in [3.63, 3.8) is 0 Å². The molecule has 29 heavy (non-hydrogen) atoms. The zero-order chi connectivity index (χ0) is 21.2. The van der Waals surface area contributed by atoms with Gasteiger partial charge in [0.05, 0.1) is 6.42 Å². The first-order valence-electron chi connectivity index (χ1n) is 9.42. The predicted molar refractivity (Wildman–Crippen MR) is 102 cm³/mol. The molecule has 2 saturated heterocycles. The number of nitrogens with zero attached hydrogens (tertiary/aromatic N) is 2. The zero-order valence-electron chi connectivity index (χ0n) is 16.4. The standard InChI is InChI=1S/C20H23N3O6/c1-20(2)18(27)23(19(28)21-20)11-9-17(26)29-12-15(24)13-5-7-14(8-6-13)22-10-3-4-16(22)25/h5-8H,3-4,9-12H2,1-2H3,(H,21,28). The summed E-state index contributed by atoms with van der Waals surface area (Å²) in [6, 6.07) is 6.01. The van der Waals surface area contributed by atoms with Crippen LogP contribution in [0.25, 0.3) is 0 Å². The number of ketones is 1. The van der Waals surface area contributed by atoms with Gasteiger partial charge in [0, 0.05) is 30.8 Å². The monoisotopic (exact) mass is 401 g/mol. The minimum atomic E-state index is -0.997. The number of anilines is 1. The van der Waals surface area contributed by atoms with Crippen LogP contribution in [0.3, 0.4) is 0 Å². The van der Waals surface area contributed by atoms with E-state index in [0.29, 0.717) is 18.5 Å². The first-order chi connectivity index (χ1) is 13.7. The number of carbonyl (C=O) groups is 5. The number of ether oxygens (including phenoxy) is 1. The number of imide groups is 1. The third-order valence-electron chi connectivity index (χ3n) is 4.92. The lowest BCUT2D eigenvalue weighted by Crippen LogP contribution is -2.40. The van der Waals surface area contributed by atoms with E-state index in [4.69, 9.17) is 4.74 Å². The smallest absolute Gasteiger partial charge is 0.325 e. The summed E-state index contributed by atoms with van der Waals surface area (Å²) in [5.74, 6) is -1.41. The molecule has 2 aliphatic rings. The minimum absolute atomic E-state index is 0.0616. The van der Waals surface area contributed by atoms with Crippen molar-refractivity contribution in [3.8, 4) is 0 Å². The molecule has 4 amide bonds. The summed E-state index contributed by atoms with van der Waals surface area (Å²) >= 11 is 0. The molecule has 0 atom stereocenters. The minimum Gasteiger partial charge on any atom is -0.457 e. The van der Waals surface area contributed by atoms with Gasteiger partial charge in [0.25, 0.3) is 5.91 Å². The number of amides is 4. The van der Waals surface area contributed by atoms with Crippen molar-refractivity contribution in [2.45, 2.75) is 38.6 Å². The van der Waals surface area contributed by atoms with Gasteiger partial charge in [0.1, 0.15) is 5.54 Å². The SMILES string of the molecule is CC1(C)NC(=O)N(CCC(=O)OCC(=O)c2ccc(N3CCCC3=O)cc2)C1=O. The Bertz CT molecular complexity index is 861. The molecule has 0 aliphatic carbocycles. The second-order valence-corrected chi connectivity index (χ2v) is 7.54. The highest BCUT2D eigenvalue weighted by atomic mass is 16.5. The lowest BCUT2D eigenvalue weighted by atomic mass is 10.1. The van der Waals surface area contributed by atoms with Crippen LogP contribution in [0.4, 0.5) is 10.5 Å². The summed E-state index contributed by atoms with van der Waals surface area (Å²) in [4.78, 5) is 62.3. The number of Topliss-reactive ketones (excluding diaryl/α,β-unsaturated/α-hetero) is 1. The van der Waals surface area contributed by atoms with Crippen molar-refractivity contribution in [2.75, 3.05) is 24.6 Å². The summed E-state index contributed by atoms with van der Waals surface area (Å²) in [6.07, 6.45) is 1.15. The molecule has 1 aromatic rings. The average molecular weight is 401 g/mol. The highest BCUT2D eigenvalue weighted by Gasteiger charge is 2.44. The molecule has 3 rings (SSSR count). The summed E-state index contributed by atoms with van der Waals surface area (Å²) in [5.41, 5.74) is 0.101. The first-order valence-corrected chi connectivity index (χ1v) is 9.42. The molecule has 9 nitrogen and oxygen atoms in total.